The van der Waals surface area contributed by atoms with Crippen LogP contribution in [0, 0.1) is 0 Å². The van der Waals surface area contributed by atoms with Gasteiger partial charge < -0.3 is 14.5 Å². The van der Waals surface area contributed by atoms with Gasteiger partial charge in [0, 0.05) is 62.1 Å². The van der Waals surface area contributed by atoms with E-state index in [1.807, 2.05) is 24.4 Å². The number of rotatable bonds is 5. The topological polar surface area (TPSA) is 44.7 Å². The Labute approximate surface area is 176 Å². The van der Waals surface area contributed by atoms with E-state index in [-0.39, 0.29) is 0 Å². The molecule has 0 bridgehead atoms. The van der Waals surface area contributed by atoms with Crippen LogP contribution in [0.2, 0.25) is 10.0 Å². The van der Waals surface area contributed by atoms with Crippen molar-refractivity contribution in [2.75, 3.05) is 56.2 Å². The van der Waals surface area contributed by atoms with Gasteiger partial charge in [0.2, 0.25) is 5.95 Å². The third-order valence-electron chi connectivity index (χ3n) is 5.41. The van der Waals surface area contributed by atoms with Gasteiger partial charge in [-0.3, -0.25) is 4.90 Å². The van der Waals surface area contributed by atoms with Crippen LogP contribution < -0.4 is 9.80 Å². The Hall–Kier alpha value is -1.60. The summed E-state index contributed by atoms with van der Waals surface area (Å²) in [6.45, 7) is 6.02. The molecule has 28 heavy (non-hydrogen) atoms. The minimum atomic E-state index is 0.419. The number of hydrogen-bond donors (Lipinski definition) is 0. The Morgan fingerprint density at radius 2 is 1.89 bits per heavy atom. The zero-order valence-electron chi connectivity index (χ0n) is 16.0. The summed E-state index contributed by atoms with van der Waals surface area (Å²) in [7, 11) is 2.12. The van der Waals surface area contributed by atoms with E-state index in [0.717, 1.165) is 69.7 Å². The molecule has 1 unspecified atom stereocenters. The molecule has 0 spiro atoms. The molecule has 2 aliphatic rings. The summed E-state index contributed by atoms with van der Waals surface area (Å²) in [6.07, 6.45) is 2.95. The maximum absolute atomic E-state index is 6.14. The van der Waals surface area contributed by atoms with Gasteiger partial charge in [0.05, 0.1) is 13.2 Å². The average molecular weight is 422 g/mol. The number of likely N-dealkylation sites (N-methyl/N-ethyl adjacent to an activating group) is 1. The van der Waals surface area contributed by atoms with Gasteiger partial charge in [0.1, 0.15) is 5.82 Å². The Balaban J connectivity index is 1.39. The number of ether oxygens (including phenoxy) is 1. The molecule has 2 saturated heterocycles. The number of nitrogens with zero attached hydrogens (tertiary/aromatic N) is 5. The molecular formula is C20H25Cl2N5O. The first-order valence-corrected chi connectivity index (χ1v) is 10.4. The van der Waals surface area contributed by atoms with Crippen LogP contribution in [0.1, 0.15) is 12.0 Å². The monoisotopic (exact) mass is 421 g/mol. The predicted octanol–water partition coefficient (Wildman–Crippen LogP) is 3.33. The van der Waals surface area contributed by atoms with Crippen LogP contribution >= 0.6 is 23.2 Å². The zero-order valence-corrected chi connectivity index (χ0v) is 17.5. The number of anilines is 2. The van der Waals surface area contributed by atoms with Crippen LogP contribution in [0.15, 0.2) is 30.5 Å². The third-order valence-corrected chi connectivity index (χ3v) is 5.84. The maximum atomic E-state index is 6.14. The van der Waals surface area contributed by atoms with Gasteiger partial charge in [-0.25, -0.2) is 4.98 Å². The van der Waals surface area contributed by atoms with Gasteiger partial charge in [-0.15, -0.1) is 0 Å². The molecule has 1 aromatic heterocycles. The lowest BCUT2D eigenvalue weighted by molar-refractivity contribution is 0.122. The molecule has 0 saturated carbocycles. The van der Waals surface area contributed by atoms with Crippen LogP contribution in [0.3, 0.4) is 0 Å². The van der Waals surface area contributed by atoms with Gasteiger partial charge in [-0.05, 0) is 36.2 Å². The van der Waals surface area contributed by atoms with E-state index in [9.17, 15) is 0 Å². The van der Waals surface area contributed by atoms with Gasteiger partial charge in [0.25, 0.3) is 0 Å². The van der Waals surface area contributed by atoms with Gasteiger partial charge in [-0.2, -0.15) is 4.98 Å². The lowest BCUT2D eigenvalue weighted by Crippen LogP contribution is -2.38. The minimum Gasteiger partial charge on any atom is -0.378 e. The molecule has 2 fully saturated rings. The number of halogens is 2. The van der Waals surface area contributed by atoms with E-state index >= 15 is 0 Å². The molecular weight excluding hydrogens is 397 g/mol. The second-order valence-electron chi connectivity index (χ2n) is 7.38. The Kier molecular flexibility index (Phi) is 6.21. The first-order chi connectivity index (χ1) is 13.6. The molecule has 2 aliphatic heterocycles. The summed E-state index contributed by atoms with van der Waals surface area (Å²) in [5.74, 6) is 1.75. The summed E-state index contributed by atoms with van der Waals surface area (Å²) in [5, 5.41) is 1.37. The van der Waals surface area contributed by atoms with Crippen molar-refractivity contribution in [2.24, 2.45) is 0 Å². The van der Waals surface area contributed by atoms with Crippen molar-refractivity contribution in [1.29, 1.82) is 0 Å². The normalized spacial score (nSPS) is 20.5. The number of benzene rings is 1. The Bertz CT molecular complexity index is 795. The molecule has 0 N–H and O–H groups in total. The third kappa shape index (κ3) is 4.69. The average Bonchev–Trinajstić information content (AvgIpc) is 3.16. The number of morpholine rings is 1. The molecule has 0 amide bonds. The Morgan fingerprint density at radius 3 is 2.64 bits per heavy atom. The van der Waals surface area contributed by atoms with Crippen molar-refractivity contribution < 1.29 is 4.74 Å². The highest BCUT2D eigenvalue weighted by atomic mass is 35.5. The largest absolute Gasteiger partial charge is 0.378 e. The van der Waals surface area contributed by atoms with Crippen LogP contribution in [-0.4, -0.2) is 67.4 Å². The molecule has 2 aromatic rings. The molecule has 8 heteroatoms. The quantitative estimate of drug-likeness (QED) is 0.737. The highest BCUT2D eigenvalue weighted by molar-refractivity contribution is 6.34. The van der Waals surface area contributed by atoms with Crippen molar-refractivity contribution >= 4 is 35.0 Å². The number of aromatic nitrogens is 2. The molecule has 1 aromatic carbocycles. The number of hydrogen-bond acceptors (Lipinski definition) is 6. The summed E-state index contributed by atoms with van der Waals surface area (Å²) < 4.78 is 5.43. The second-order valence-corrected chi connectivity index (χ2v) is 8.25. The molecule has 4 rings (SSSR count). The van der Waals surface area contributed by atoms with Gasteiger partial charge >= 0.3 is 0 Å². The van der Waals surface area contributed by atoms with Crippen LogP contribution in [-0.2, 0) is 11.3 Å². The highest BCUT2D eigenvalue weighted by Gasteiger charge is 2.27. The Morgan fingerprint density at radius 1 is 1.14 bits per heavy atom. The second kappa shape index (κ2) is 8.82. The smallest absolute Gasteiger partial charge is 0.227 e. The first kappa shape index (κ1) is 19.7. The predicted molar refractivity (Wildman–Crippen MR) is 114 cm³/mol. The summed E-state index contributed by atoms with van der Waals surface area (Å²) >= 11 is 12.3. The van der Waals surface area contributed by atoms with E-state index < -0.39 is 0 Å². The van der Waals surface area contributed by atoms with Crippen LogP contribution in [0.4, 0.5) is 11.8 Å². The van der Waals surface area contributed by atoms with Crippen molar-refractivity contribution in [2.45, 2.75) is 19.0 Å². The van der Waals surface area contributed by atoms with E-state index in [1.165, 1.54) is 0 Å². The summed E-state index contributed by atoms with van der Waals surface area (Å²) in [6, 6.07) is 8.16. The van der Waals surface area contributed by atoms with Crippen molar-refractivity contribution in [3.8, 4) is 0 Å². The molecule has 6 nitrogen and oxygen atoms in total. The minimum absolute atomic E-state index is 0.419. The molecule has 0 aliphatic carbocycles. The molecule has 1 atom stereocenters. The lowest BCUT2D eigenvalue weighted by Gasteiger charge is -2.29. The highest BCUT2D eigenvalue weighted by Crippen LogP contribution is 2.25. The SMILES string of the molecule is CN(c1ccnc(N2CCOCC2)n1)C1CCN(Cc2cc(Cl)cc(Cl)c2)C1. The first-order valence-electron chi connectivity index (χ1n) is 9.64. The fourth-order valence-electron chi connectivity index (χ4n) is 3.87. The lowest BCUT2D eigenvalue weighted by atomic mass is 10.2. The zero-order chi connectivity index (χ0) is 19.5. The van der Waals surface area contributed by atoms with Crippen molar-refractivity contribution in [3.05, 3.63) is 46.1 Å². The van der Waals surface area contributed by atoms with E-state index in [0.29, 0.717) is 16.1 Å². The summed E-state index contributed by atoms with van der Waals surface area (Å²) in [4.78, 5) is 16.2. The maximum Gasteiger partial charge on any atom is 0.227 e. The van der Waals surface area contributed by atoms with Crippen molar-refractivity contribution in [1.82, 2.24) is 14.9 Å². The standard InChI is InChI=1S/C20H25Cl2N5O/c1-25(19-2-4-23-20(24-19)27-6-8-28-9-7-27)18-3-5-26(14-18)13-15-10-16(21)12-17(22)11-15/h2,4,10-12,18H,3,5-9,13-14H2,1H3. The molecule has 150 valence electrons. The van der Waals surface area contributed by atoms with Crippen LogP contribution in [0.25, 0.3) is 0 Å². The van der Waals surface area contributed by atoms with Gasteiger partial charge in [0.15, 0.2) is 0 Å². The van der Waals surface area contributed by atoms with E-state index in [4.69, 9.17) is 32.9 Å². The van der Waals surface area contributed by atoms with Crippen molar-refractivity contribution in [3.63, 3.8) is 0 Å². The fraction of sp³-hybridized carbons (Fsp3) is 0.500. The summed E-state index contributed by atoms with van der Waals surface area (Å²) in [5.41, 5.74) is 1.15. The van der Waals surface area contributed by atoms with E-state index in [2.05, 4.69) is 26.7 Å². The molecule has 3 heterocycles. The number of likely N-dealkylation sites (tertiary alicyclic amines) is 1. The van der Waals surface area contributed by atoms with Gasteiger partial charge in [-0.1, -0.05) is 23.2 Å². The molecule has 0 radical (unpaired) electrons. The fourth-order valence-corrected chi connectivity index (χ4v) is 4.44. The van der Waals surface area contributed by atoms with E-state index in [1.54, 1.807) is 6.07 Å². The van der Waals surface area contributed by atoms with Crippen LogP contribution in [0.5, 0.6) is 0 Å².